The summed E-state index contributed by atoms with van der Waals surface area (Å²) < 4.78 is 1.01. The van der Waals surface area contributed by atoms with Crippen molar-refractivity contribution in [3.63, 3.8) is 0 Å². The van der Waals surface area contributed by atoms with Crippen LogP contribution in [0.4, 0.5) is 0 Å². The fourth-order valence-electron chi connectivity index (χ4n) is 1.34. The lowest BCUT2D eigenvalue weighted by Gasteiger charge is -2.01. The van der Waals surface area contributed by atoms with Crippen LogP contribution in [-0.2, 0) is 6.54 Å². The molecule has 2 rings (SSSR count). The number of hydrogen-bond acceptors (Lipinski definition) is 4. The molecule has 7 heteroatoms. The maximum absolute atomic E-state index is 11.7. The van der Waals surface area contributed by atoms with Gasteiger partial charge in [-0.1, -0.05) is 0 Å². The van der Waals surface area contributed by atoms with Crippen molar-refractivity contribution in [2.75, 3.05) is 0 Å². The van der Waals surface area contributed by atoms with E-state index < -0.39 is 16.8 Å². The summed E-state index contributed by atoms with van der Waals surface area (Å²) in [5, 5.41) is 0. The van der Waals surface area contributed by atoms with Crippen LogP contribution in [-0.4, -0.2) is 19.5 Å². The van der Waals surface area contributed by atoms with Gasteiger partial charge in [0.1, 0.15) is 5.65 Å². The van der Waals surface area contributed by atoms with Crippen molar-refractivity contribution in [3.8, 4) is 0 Å². The van der Waals surface area contributed by atoms with Gasteiger partial charge in [-0.25, -0.2) is 9.78 Å². The van der Waals surface area contributed by atoms with Crippen molar-refractivity contribution in [3.05, 3.63) is 37.4 Å². The first-order valence-electron chi connectivity index (χ1n) is 4.35. The molecule has 0 aliphatic rings. The number of H-pyrrole nitrogens is 2. The first-order valence-corrected chi connectivity index (χ1v) is 4.35. The molecule has 0 bridgehead atoms. The lowest BCUT2D eigenvalue weighted by atomic mass is 10.5. The Labute approximate surface area is 82.4 Å². The van der Waals surface area contributed by atoms with Gasteiger partial charge >= 0.3 is 5.69 Å². The number of hydrogen-bond donors (Lipinski definition) is 2. The summed E-state index contributed by atoms with van der Waals surface area (Å²) in [4.78, 5) is 42.3. The second kappa shape index (κ2) is 3.19. The van der Waals surface area contributed by atoms with E-state index in [0.29, 0.717) is 0 Å². The van der Waals surface area contributed by atoms with Crippen LogP contribution in [0.2, 0.25) is 0 Å². The number of aromatic amines is 2. The third-order valence-corrected chi connectivity index (χ3v) is 2.04. The maximum atomic E-state index is 11.7. The van der Waals surface area contributed by atoms with Crippen molar-refractivity contribution in [2.45, 2.75) is 13.5 Å². The fourth-order valence-corrected chi connectivity index (χ4v) is 1.34. The molecule has 0 saturated carbocycles. The fraction of sp³-hybridized carbons (Fsp3) is 0.250. The number of rotatable bonds is 1. The van der Waals surface area contributed by atoms with Crippen LogP contribution >= 0.6 is 0 Å². The predicted octanol–water partition coefficient (Wildman–Crippen LogP) is -1.21. The molecule has 2 aromatic rings. The summed E-state index contributed by atoms with van der Waals surface area (Å²) in [5.74, 6) is 0. The van der Waals surface area contributed by atoms with E-state index in [4.69, 9.17) is 0 Å². The Bertz CT molecular complexity index is 679. The summed E-state index contributed by atoms with van der Waals surface area (Å²) in [5.41, 5.74) is -1.42. The van der Waals surface area contributed by atoms with Gasteiger partial charge in [0.15, 0.2) is 5.52 Å². The molecule has 2 N–H and O–H groups in total. The molecule has 0 spiro atoms. The Kier molecular flexibility index (Phi) is 2.00. The molecule has 78 valence electrons. The van der Waals surface area contributed by atoms with E-state index in [1.807, 2.05) is 0 Å². The number of nitrogens with one attached hydrogen (secondary N) is 2. The average molecular weight is 208 g/mol. The zero-order valence-electron chi connectivity index (χ0n) is 7.90. The van der Waals surface area contributed by atoms with E-state index in [2.05, 4.69) is 15.0 Å². The van der Waals surface area contributed by atoms with E-state index in [1.54, 1.807) is 6.92 Å². The third kappa shape index (κ3) is 1.37. The van der Waals surface area contributed by atoms with Crippen LogP contribution in [0, 0.1) is 0 Å². The minimum atomic E-state index is -0.557. The molecule has 0 radical (unpaired) electrons. The zero-order valence-corrected chi connectivity index (χ0v) is 7.90. The van der Waals surface area contributed by atoms with Gasteiger partial charge in [0.2, 0.25) is 0 Å². The molecule has 0 unspecified atom stereocenters. The Balaban J connectivity index is 3.04. The van der Waals surface area contributed by atoms with E-state index >= 15 is 0 Å². The molecular weight excluding hydrogens is 200 g/mol. The van der Waals surface area contributed by atoms with Crippen molar-refractivity contribution in [2.24, 2.45) is 0 Å². The minimum Gasteiger partial charge on any atom is -0.305 e. The molecule has 2 heterocycles. The van der Waals surface area contributed by atoms with Gasteiger partial charge in [0, 0.05) is 6.54 Å². The lowest BCUT2D eigenvalue weighted by Crippen LogP contribution is -2.35. The molecule has 0 aromatic carbocycles. The van der Waals surface area contributed by atoms with E-state index in [0.717, 1.165) is 10.8 Å². The second-order valence-electron chi connectivity index (χ2n) is 2.95. The average Bonchev–Trinajstić information content (AvgIpc) is 2.17. The molecular formula is C8H8N4O3. The van der Waals surface area contributed by atoms with Crippen LogP contribution in [0.5, 0.6) is 0 Å². The van der Waals surface area contributed by atoms with Gasteiger partial charge in [0.05, 0.1) is 6.20 Å². The van der Waals surface area contributed by atoms with Gasteiger partial charge in [0.25, 0.3) is 11.1 Å². The third-order valence-electron chi connectivity index (χ3n) is 2.04. The smallest absolute Gasteiger partial charge is 0.305 e. The summed E-state index contributed by atoms with van der Waals surface area (Å²) in [6.07, 6.45) is 1.00. The van der Waals surface area contributed by atoms with Crippen molar-refractivity contribution >= 4 is 11.2 Å². The number of aromatic nitrogens is 4. The first kappa shape index (κ1) is 9.38. The summed E-state index contributed by atoms with van der Waals surface area (Å²) >= 11 is 0. The molecule has 0 fully saturated rings. The van der Waals surface area contributed by atoms with Crippen molar-refractivity contribution < 1.29 is 0 Å². The molecule has 7 nitrogen and oxygen atoms in total. The summed E-state index contributed by atoms with van der Waals surface area (Å²) in [7, 11) is 0. The highest BCUT2D eigenvalue weighted by molar-refractivity contribution is 5.66. The molecule has 2 aromatic heterocycles. The van der Waals surface area contributed by atoms with E-state index in [9.17, 15) is 14.4 Å². The molecule has 15 heavy (non-hydrogen) atoms. The molecule has 0 aliphatic heterocycles. The maximum Gasteiger partial charge on any atom is 0.330 e. The topological polar surface area (TPSA) is 101 Å². The monoisotopic (exact) mass is 208 g/mol. The zero-order chi connectivity index (χ0) is 11.0. The normalized spacial score (nSPS) is 10.7. The van der Waals surface area contributed by atoms with Crippen LogP contribution in [0.3, 0.4) is 0 Å². The van der Waals surface area contributed by atoms with Crippen molar-refractivity contribution in [1.82, 2.24) is 19.5 Å². The molecule has 0 aliphatic carbocycles. The minimum absolute atomic E-state index is 0.0519. The Morgan fingerprint density at radius 3 is 2.73 bits per heavy atom. The Hall–Kier alpha value is -2.18. The van der Waals surface area contributed by atoms with Crippen LogP contribution in [0.25, 0.3) is 11.2 Å². The number of nitrogens with zero attached hydrogens (tertiary/aromatic N) is 2. The van der Waals surface area contributed by atoms with Crippen LogP contribution in [0.15, 0.2) is 20.6 Å². The van der Waals surface area contributed by atoms with Crippen LogP contribution in [0.1, 0.15) is 6.92 Å². The van der Waals surface area contributed by atoms with E-state index in [1.165, 1.54) is 0 Å². The highest BCUT2D eigenvalue weighted by Crippen LogP contribution is 1.91. The first-order chi connectivity index (χ1) is 7.13. The predicted molar refractivity (Wildman–Crippen MR) is 52.9 cm³/mol. The number of fused-ring (bicyclic) bond motifs is 1. The van der Waals surface area contributed by atoms with Gasteiger partial charge in [-0.15, -0.1) is 0 Å². The second-order valence-corrected chi connectivity index (χ2v) is 2.95. The quantitative estimate of drug-likeness (QED) is 0.614. The van der Waals surface area contributed by atoms with Gasteiger partial charge in [-0.05, 0) is 6.92 Å². The van der Waals surface area contributed by atoms with E-state index in [-0.39, 0.29) is 17.7 Å². The molecule has 0 atom stereocenters. The van der Waals surface area contributed by atoms with Crippen molar-refractivity contribution in [1.29, 1.82) is 0 Å². The SMILES string of the molecule is CCn1c(=O)[nH]c2[nH]c(=O)cnc2c1=O. The molecule has 0 amide bonds. The van der Waals surface area contributed by atoms with Gasteiger partial charge in [-0.2, -0.15) is 0 Å². The summed E-state index contributed by atoms with van der Waals surface area (Å²) in [6.45, 7) is 1.93. The highest BCUT2D eigenvalue weighted by Gasteiger charge is 2.07. The van der Waals surface area contributed by atoms with Crippen LogP contribution < -0.4 is 16.8 Å². The van der Waals surface area contributed by atoms with Gasteiger partial charge in [-0.3, -0.25) is 19.1 Å². The van der Waals surface area contributed by atoms with Gasteiger partial charge < -0.3 is 4.98 Å². The highest BCUT2D eigenvalue weighted by atomic mass is 16.2. The Morgan fingerprint density at radius 1 is 1.33 bits per heavy atom. The standard InChI is InChI=1S/C8H8N4O3/c1-2-12-7(14)5-6(11-8(12)15)10-4(13)3-9-5/h3H,2H2,1H3,(H2,10,11,13,15). The molecule has 0 saturated heterocycles. The Morgan fingerprint density at radius 2 is 2.07 bits per heavy atom. The lowest BCUT2D eigenvalue weighted by molar-refractivity contribution is 0.680. The summed E-state index contributed by atoms with van der Waals surface area (Å²) in [6, 6.07) is 0. The largest absolute Gasteiger partial charge is 0.330 e.